The minimum absolute atomic E-state index is 0.0180. The lowest BCUT2D eigenvalue weighted by molar-refractivity contribution is -0.147. The zero-order chi connectivity index (χ0) is 14.6. The van der Waals surface area contributed by atoms with Crippen molar-refractivity contribution >= 4 is 21.9 Å². The number of carbonyl (C=O) groups is 1. The van der Waals surface area contributed by atoms with Gasteiger partial charge in [0.05, 0.1) is 7.11 Å². The van der Waals surface area contributed by atoms with Crippen molar-refractivity contribution in [3.05, 3.63) is 27.7 Å². The van der Waals surface area contributed by atoms with Gasteiger partial charge in [0.25, 0.3) is 0 Å². The van der Waals surface area contributed by atoms with Gasteiger partial charge >= 0.3 is 5.97 Å². The minimum atomic E-state index is -0.642. The van der Waals surface area contributed by atoms with Crippen LogP contribution in [-0.4, -0.2) is 25.2 Å². The Kier molecular flexibility index (Phi) is 5.82. The fourth-order valence-electron chi connectivity index (χ4n) is 1.86. The largest absolute Gasteiger partial charge is 0.478 e. The summed E-state index contributed by atoms with van der Waals surface area (Å²) in [7, 11) is 1.35. The third-order valence-electron chi connectivity index (χ3n) is 2.69. The Bertz CT molecular complexity index is 460. The van der Waals surface area contributed by atoms with Crippen LogP contribution >= 0.6 is 15.9 Å². The van der Waals surface area contributed by atoms with Crippen LogP contribution in [0.5, 0.6) is 5.75 Å². The monoisotopic (exact) mass is 329 g/mol. The Balaban J connectivity index is 3.07. The van der Waals surface area contributed by atoms with Crippen LogP contribution in [0.4, 0.5) is 0 Å². The number of hydrogen-bond donors (Lipinski definition) is 1. The number of ether oxygens (including phenoxy) is 2. The van der Waals surface area contributed by atoms with Crippen molar-refractivity contribution in [2.75, 3.05) is 7.11 Å². The molecule has 0 aliphatic heterocycles. The second-order valence-electron chi connectivity index (χ2n) is 4.68. The molecule has 2 unspecified atom stereocenters. The van der Waals surface area contributed by atoms with Gasteiger partial charge in [-0.05, 0) is 50.5 Å². The smallest absolute Gasteiger partial charge is 0.346 e. The van der Waals surface area contributed by atoms with Gasteiger partial charge in [-0.3, -0.25) is 0 Å². The number of benzene rings is 1. The second kappa shape index (κ2) is 6.91. The molecule has 1 aromatic carbocycles. The Morgan fingerprint density at radius 1 is 1.42 bits per heavy atom. The van der Waals surface area contributed by atoms with E-state index in [1.807, 2.05) is 26.0 Å². The molecule has 0 saturated heterocycles. The third-order valence-corrected chi connectivity index (χ3v) is 3.14. The van der Waals surface area contributed by atoms with Crippen LogP contribution in [0, 0.1) is 6.92 Å². The number of methoxy groups -OCH3 is 1. The lowest BCUT2D eigenvalue weighted by Gasteiger charge is -2.19. The van der Waals surface area contributed by atoms with E-state index < -0.39 is 12.1 Å². The first-order chi connectivity index (χ1) is 8.85. The van der Waals surface area contributed by atoms with Crippen LogP contribution in [0.2, 0.25) is 0 Å². The van der Waals surface area contributed by atoms with Crippen molar-refractivity contribution in [2.45, 2.75) is 39.3 Å². The van der Waals surface area contributed by atoms with E-state index in [1.165, 1.54) is 7.11 Å². The van der Waals surface area contributed by atoms with Gasteiger partial charge in [0.1, 0.15) is 5.75 Å². The Morgan fingerprint density at radius 2 is 2.05 bits per heavy atom. The molecular weight excluding hydrogens is 310 g/mol. The predicted octanol–water partition coefficient (Wildman–Crippen LogP) is 2.59. The average Bonchev–Trinajstić information content (AvgIpc) is 2.31. The normalized spacial score (nSPS) is 13.8. The van der Waals surface area contributed by atoms with Crippen molar-refractivity contribution in [1.82, 2.24) is 0 Å². The molecule has 0 spiro atoms. The first-order valence-corrected chi connectivity index (χ1v) is 6.93. The summed E-state index contributed by atoms with van der Waals surface area (Å²) in [6, 6.07) is 3.93. The number of rotatable bonds is 5. The van der Waals surface area contributed by atoms with Crippen LogP contribution < -0.4 is 10.5 Å². The molecule has 0 aliphatic rings. The van der Waals surface area contributed by atoms with Crippen LogP contribution in [-0.2, 0) is 16.0 Å². The van der Waals surface area contributed by atoms with Gasteiger partial charge in [-0.15, -0.1) is 0 Å². The molecule has 0 aliphatic carbocycles. The molecule has 2 atom stereocenters. The van der Waals surface area contributed by atoms with E-state index in [-0.39, 0.29) is 6.04 Å². The average molecular weight is 330 g/mol. The van der Waals surface area contributed by atoms with E-state index in [0.717, 1.165) is 15.6 Å². The summed E-state index contributed by atoms with van der Waals surface area (Å²) in [5.41, 5.74) is 7.79. The first kappa shape index (κ1) is 16.0. The van der Waals surface area contributed by atoms with Crippen LogP contribution in [0.15, 0.2) is 16.6 Å². The SMILES string of the molecule is COC(=O)C(C)Oc1c(C)cc(Br)cc1CC(C)N. The minimum Gasteiger partial charge on any atom is -0.478 e. The summed E-state index contributed by atoms with van der Waals surface area (Å²) in [6.45, 7) is 5.54. The number of hydrogen-bond acceptors (Lipinski definition) is 4. The molecular formula is C14H20BrNO3. The maximum Gasteiger partial charge on any atom is 0.346 e. The summed E-state index contributed by atoms with van der Waals surface area (Å²) < 4.78 is 11.4. The molecule has 0 bridgehead atoms. The van der Waals surface area contributed by atoms with Gasteiger partial charge in [0.2, 0.25) is 0 Å². The number of esters is 1. The second-order valence-corrected chi connectivity index (χ2v) is 5.59. The van der Waals surface area contributed by atoms with E-state index in [4.69, 9.17) is 10.5 Å². The van der Waals surface area contributed by atoms with Crippen LogP contribution in [0.25, 0.3) is 0 Å². The Hall–Kier alpha value is -1.07. The van der Waals surface area contributed by atoms with Crippen molar-refractivity contribution in [3.63, 3.8) is 0 Å². The van der Waals surface area contributed by atoms with Crippen LogP contribution in [0.1, 0.15) is 25.0 Å². The van der Waals surface area contributed by atoms with E-state index in [2.05, 4.69) is 20.7 Å². The quantitative estimate of drug-likeness (QED) is 0.843. The summed E-state index contributed by atoms with van der Waals surface area (Å²) >= 11 is 3.46. The van der Waals surface area contributed by atoms with Crippen molar-refractivity contribution in [1.29, 1.82) is 0 Å². The van der Waals surface area contributed by atoms with Crippen molar-refractivity contribution < 1.29 is 14.3 Å². The lowest BCUT2D eigenvalue weighted by Crippen LogP contribution is -2.26. The summed E-state index contributed by atoms with van der Waals surface area (Å²) in [4.78, 5) is 11.4. The molecule has 1 aromatic rings. The maximum absolute atomic E-state index is 11.4. The predicted molar refractivity (Wildman–Crippen MR) is 78.3 cm³/mol. The molecule has 0 heterocycles. The number of aryl methyl sites for hydroxylation is 1. The maximum atomic E-state index is 11.4. The van der Waals surface area contributed by atoms with Crippen molar-refractivity contribution in [3.8, 4) is 5.75 Å². The van der Waals surface area contributed by atoms with Gasteiger partial charge in [0, 0.05) is 10.5 Å². The van der Waals surface area contributed by atoms with Gasteiger partial charge in [-0.25, -0.2) is 4.79 Å². The first-order valence-electron chi connectivity index (χ1n) is 6.14. The molecule has 1 rings (SSSR count). The number of halogens is 1. The zero-order valence-corrected chi connectivity index (χ0v) is 13.3. The van der Waals surface area contributed by atoms with E-state index in [0.29, 0.717) is 12.2 Å². The molecule has 0 amide bonds. The van der Waals surface area contributed by atoms with E-state index in [1.54, 1.807) is 6.92 Å². The Morgan fingerprint density at radius 3 is 2.58 bits per heavy atom. The topological polar surface area (TPSA) is 61.5 Å². The van der Waals surface area contributed by atoms with Gasteiger partial charge < -0.3 is 15.2 Å². The molecule has 0 saturated carbocycles. The van der Waals surface area contributed by atoms with E-state index >= 15 is 0 Å². The summed E-state index contributed by atoms with van der Waals surface area (Å²) in [5, 5.41) is 0. The van der Waals surface area contributed by atoms with Crippen LogP contribution in [0.3, 0.4) is 0 Å². The highest BCUT2D eigenvalue weighted by Gasteiger charge is 2.19. The van der Waals surface area contributed by atoms with Gasteiger partial charge in [-0.2, -0.15) is 0 Å². The van der Waals surface area contributed by atoms with Gasteiger partial charge in [0.15, 0.2) is 6.10 Å². The molecule has 0 fully saturated rings. The van der Waals surface area contributed by atoms with Crippen molar-refractivity contribution in [2.24, 2.45) is 5.73 Å². The van der Waals surface area contributed by atoms with E-state index in [9.17, 15) is 4.79 Å². The fraction of sp³-hybridized carbons (Fsp3) is 0.500. The lowest BCUT2D eigenvalue weighted by atomic mass is 10.0. The highest BCUT2D eigenvalue weighted by Crippen LogP contribution is 2.30. The molecule has 0 radical (unpaired) electrons. The fourth-order valence-corrected chi connectivity index (χ4v) is 2.48. The summed E-state index contributed by atoms with van der Waals surface area (Å²) in [5.74, 6) is 0.312. The molecule has 5 heteroatoms. The molecule has 0 aromatic heterocycles. The highest BCUT2D eigenvalue weighted by atomic mass is 79.9. The number of nitrogens with two attached hydrogens (primary N) is 1. The standard InChI is InChI=1S/C14H20BrNO3/c1-8-5-12(15)7-11(6-9(2)16)13(8)19-10(3)14(17)18-4/h5,7,9-10H,6,16H2,1-4H3. The molecule has 4 nitrogen and oxygen atoms in total. The highest BCUT2D eigenvalue weighted by molar-refractivity contribution is 9.10. The van der Waals surface area contributed by atoms with Gasteiger partial charge in [-0.1, -0.05) is 15.9 Å². The third kappa shape index (κ3) is 4.51. The molecule has 106 valence electrons. The Labute approximate surface area is 122 Å². The summed E-state index contributed by atoms with van der Waals surface area (Å²) in [6.07, 6.45) is 0.0421. The zero-order valence-electron chi connectivity index (χ0n) is 11.7. The molecule has 19 heavy (non-hydrogen) atoms. The molecule has 2 N–H and O–H groups in total. The number of carbonyl (C=O) groups excluding carboxylic acids is 1.